The van der Waals surface area contributed by atoms with Crippen LogP contribution in [0.4, 0.5) is 10.5 Å². The lowest BCUT2D eigenvalue weighted by atomic mass is 9.79. The molecule has 1 aliphatic rings. The molecular formula is C28H46N4O5. The van der Waals surface area contributed by atoms with Gasteiger partial charge in [-0.1, -0.05) is 52.3 Å². The van der Waals surface area contributed by atoms with Crippen molar-refractivity contribution in [3.05, 3.63) is 29.8 Å². The molecule has 0 saturated carbocycles. The highest BCUT2D eigenvalue weighted by molar-refractivity contribution is 5.95. The van der Waals surface area contributed by atoms with Crippen molar-refractivity contribution >= 4 is 23.6 Å². The number of carbonyl (C=O) groups is 3. The lowest BCUT2D eigenvalue weighted by molar-refractivity contribution is -0.125. The second kappa shape index (κ2) is 14.3. The van der Waals surface area contributed by atoms with E-state index in [0.29, 0.717) is 26.1 Å². The summed E-state index contributed by atoms with van der Waals surface area (Å²) in [7, 11) is 1.33. The Bertz CT molecular complexity index is 906. The van der Waals surface area contributed by atoms with Gasteiger partial charge in [-0.15, -0.1) is 0 Å². The number of unbranched alkanes of at least 4 members (excludes halogenated alkanes) is 1. The lowest BCUT2D eigenvalue weighted by Gasteiger charge is -2.37. The van der Waals surface area contributed by atoms with Crippen LogP contribution in [0.15, 0.2) is 24.3 Å². The molecule has 0 aliphatic carbocycles. The molecule has 9 nitrogen and oxygen atoms in total. The monoisotopic (exact) mass is 518 g/mol. The Labute approximate surface area is 221 Å². The Morgan fingerprint density at radius 3 is 2.62 bits per heavy atom. The maximum Gasteiger partial charge on any atom is 0.406 e. The first-order valence-electron chi connectivity index (χ1n) is 13.4. The molecular weight excluding hydrogens is 472 g/mol. The van der Waals surface area contributed by atoms with Crippen molar-refractivity contribution in [1.82, 2.24) is 10.6 Å². The van der Waals surface area contributed by atoms with Crippen molar-refractivity contribution in [3.63, 3.8) is 0 Å². The Balaban J connectivity index is 1.98. The number of nitrogens with one attached hydrogen (secondary N) is 2. The number of anilines is 1. The first-order valence-corrected chi connectivity index (χ1v) is 13.4. The highest BCUT2D eigenvalue weighted by atomic mass is 16.5. The largest absolute Gasteiger partial charge is 0.453 e. The minimum Gasteiger partial charge on any atom is -0.453 e. The summed E-state index contributed by atoms with van der Waals surface area (Å²) in [6, 6.07) is 7.28. The quantitative estimate of drug-likeness (QED) is 0.297. The summed E-state index contributed by atoms with van der Waals surface area (Å²) in [5, 5.41) is 16.3. The summed E-state index contributed by atoms with van der Waals surface area (Å²) in [6.45, 7) is 9.36. The first-order chi connectivity index (χ1) is 17.5. The molecule has 9 heteroatoms. The van der Waals surface area contributed by atoms with Crippen molar-refractivity contribution in [2.45, 2.75) is 78.4 Å². The SMILES string of the molecule is CCCCNC(=O)[C@H](C)C[C@H](O)[C@@H](N)CC(C)(C)CC(=O)N1CC(CNC(=O)OC)Cc2ccccc21. The topological polar surface area (TPSA) is 134 Å². The number of hydrogen-bond acceptors (Lipinski definition) is 6. The molecule has 1 unspecified atom stereocenters. The number of rotatable bonds is 13. The van der Waals surface area contributed by atoms with Gasteiger partial charge in [0.05, 0.1) is 13.2 Å². The van der Waals surface area contributed by atoms with E-state index in [9.17, 15) is 19.5 Å². The van der Waals surface area contributed by atoms with Gasteiger partial charge in [0.2, 0.25) is 11.8 Å². The zero-order valence-electron chi connectivity index (χ0n) is 23.1. The summed E-state index contributed by atoms with van der Waals surface area (Å²) in [5.74, 6) is -0.377. The molecule has 208 valence electrons. The first kappa shape index (κ1) is 30.6. The second-order valence-electron chi connectivity index (χ2n) is 11.1. The van der Waals surface area contributed by atoms with Gasteiger partial charge in [0.15, 0.2) is 0 Å². The zero-order chi connectivity index (χ0) is 27.6. The molecule has 0 fully saturated rings. The van der Waals surface area contributed by atoms with E-state index >= 15 is 0 Å². The third kappa shape index (κ3) is 9.63. The van der Waals surface area contributed by atoms with E-state index in [2.05, 4.69) is 22.3 Å². The molecule has 3 amide bonds. The molecule has 1 aromatic carbocycles. The second-order valence-corrected chi connectivity index (χ2v) is 11.1. The van der Waals surface area contributed by atoms with Gasteiger partial charge in [-0.3, -0.25) is 9.59 Å². The van der Waals surface area contributed by atoms with Crippen molar-refractivity contribution < 1.29 is 24.2 Å². The van der Waals surface area contributed by atoms with Crippen LogP contribution in [0.2, 0.25) is 0 Å². The number of aliphatic hydroxyl groups excluding tert-OH is 1. The Morgan fingerprint density at radius 1 is 1.24 bits per heavy atom. The standard InChI is InChI=1S/C28H46N4O5/c1-6-7-12-30-26(35)19(2)13-24(33)22(29)15-28(3,4)16-25(34)32-18-20(17-31-27(36)37-5)14-21-10-8-9-11-23(21)32/h8-11,19-20,22,24,33H,6-7,12-18,29H2,1-5H3,(H,30,35)(H,31,36)/t19-,20?,22+,24+/m1/s1. The van der Waals surface area contributed by atoms with Crippen molar-refractivity contribution in [2.24, 2.45) is 23.0 Å². The van der Waals surface area contributed by atoms with Crippen LogP contribution in [0.1, 0.15) is 65.4 Å². The number of hydrogen-bond donors (Lipinski definition) is 4. The molecule has 0 spiro atoms. The van der Waals surface area contributed by atoms with Crippen LogP contribution in [0, 0.1) is 17.3 Å². The minimum absolute atomic E-state index is 0.0226. The number of nitrogens with zero attached hydrogens (tertiary/aromatic N) is 1. The number of aliphatic hydroxyl groups is 1. The van der Waals surface area contributed by atoms with Gasteiger partial charge in [0.1, 0.15) is 0 Å². The molecule has 0 saturated heterocycles. The number of fused-ring (bicyclic) bond motifs is 1. The normalized spacial score (nSPS) is 17.8. The van der Waals surface area contributed by atoms with Gasteiger partial charge in [0, 0.05) is 43.7 Å². The summed E-state index contributed by atoms with van der Waals surface area (Å²) in [5.41, 5.74) is 7.84. The maximum absolute atomic E-state index is 13.5. The summed E-state index contributed by atoms with van der Waals surface area (Å²) >= 11 is 0. The van der Waals surface area contributed by atoms with E-state index < -0.39 is 23.7 Å². The molecule has 5 N–H and O–H groups in total. The number of nitrogens with two attached hydrogens (primary N) is 1. The van der Waals surface area contributed by atoms with Crippen LogP contribution in [0.25, 0.3) is 0 Å². The van der Waals surface area contributed by atoms with Gasteiger partial charge in [-0.05, 0) is 48.6 Å². The predicted octanol–water partition coefficient (Wildman–Crippen LogP) is 2.99. The Morgan fingerprint density at radius 2 is 1.95 bits per heavy atom. The third-order valence-corrected chi connectivity index (χ3v) is 7.04. The minimum atomic E-state index is -0.842. The van der Waals surface area contributed by atoms with Gasteiger partial charge < -0.3 is 31.1 Å². The van der Waals surface area contributed by atoms with E-state index in [1.807, 2.05) is 38.1 Å². The lowest BCUT2D eigenvalue weighted by Crippen LogP contribution is -2.46. The number of alkyl carbamates (subject to hydrolysis) is 1. The van der Waals surface area contributed by atoms with Crippen LogP contribution in [-0.4, -0.2) is 61.9 Å². The van der Waals surface area contributed by atoms with Gasteiger partial charge >= 0.3 is 6.09 Å². The maximum atomic E-state index is 13.5. The van der Waals surface area contributed by atoms with E-state index in [-0.39, 0.29) is 36.5 Å². The van der Waals surface area contributed by atoms with Gasteiger partial charge in [-0.25, -0.2) is 4.79 Å². The number of amides is 3. The number of methoxy groups -OCH3 is 1. The van der Waals surface area contributed by atoms with Crippen LogP contribution in [0.5, 0.6) is 0 Å². The van der Waals surface area contributed by atoms with Crippen LogP contribution < -0.4 is 21.3 Å². The van der Waals surface area contributed by atoms with E-state index in [1.165, 1.54) is 7.11 Å². The fourth-order valence-corrected chi connectivity index (χ4v) is 4.91. The fourth-order valence-electron chi connectivity index (χ4n) is 4.91. The summed E-state index contributed by atoms with van der Waals surface area (Å²) < 4.78 is 4.68. The molecule has 1 heterocycles. The highest BCUT2D eigenvalue weighted by Crippen LogP contribution is 2.34. The Hall–Kier alpha value is -2.65. The smallest absolute Gasteiger partial charge is 0.406 e. The molecule has 0 aromatic heterocycles. The average molecular weight is 519 g/mol. The van der Waals surface area contributed by atoms with Crippen LogP contribution >= 0.6 is 0 Å². The number of para-hydroxylation sites is 1. The van der Waals surface area contributed by atoms with Crippen molar-refractivity contribution in [2.75, 3.05) is 31.6 Å². The molecule has 37 heavy (non-hydrogen) atoms. The highest BCUT2D eigenvalue weighted by Gasteiger charge is 2.34. The van der Waals surface area contributed by atoms with E-state index in [4.69, 9.17) is 5.73 Å². The molecule has 1 aromatic rings. The van der Waals surface area contributed by atoms with Gasteiger partial charge in [0.25, 0.3) is 0 Å². The molecule has 0 bridgehead atoms. The van der Waals surface area contributed by atoms with Crippen molar-refractivity contribution in [1.29, 1.82) is 0 Å². The third-order valence-electron chi connectivity index (χ3n) is 7.04. The fraction of sp³-hybridized carbons (Fsp3) is 0.679. The average Bonchev–Trinajstić information content (AvgIpc) is 2.85. The van der Waals surface area contributed by atoms with Crippen molar-refractivity contribution in [3.8, 4) is 0 Å². The van der Waals surface area contributed by atoms with Crippen LogP contribution in [0.3, 0.4) is 0 Å². The van der Waals surface area contributed by atoms with E-state index in [0.717, 1.165) is 30.5 Å². The number of carbonyl (C=O) groups excluding carboxylic acids is 3. The zero-order valence-corrected chi connectivity index (χ0v) is 23.1. The number of ether oxygens (including phenoxy) is 1. The van der Waals surface area contributed by atoms with E-state index in [1.54, 1.807) is 11.8 Å². The summed E-state index contributed by atoms with van der Waals surface area (Å²) in [4.78, 5) is 39.1. The molecule has 1 aliphatic heterocycles. The predicted molar refractivity (Wildman–Crippen MR) is 145 cm³/mol. The van der Waals surface area contributed by atoms with Gasteiger partial charge in [-0.2, -0.15) is 0 Å². The summed E-state index contributed by atoms with van der Waals surface area (Å²) in [6.07, 6.45) is 2.32. The molecule has 0 radical (unpaired) electrons. The van der Waals surface area contributed by atoms with Crippen LogP contribution in [-0.2, 0) is 20.7 Å². The molecule has 4 atom stereocenters. The molecule has 2 rings (SSSR count). The Kier molecular flexibility index (Phi) is 11.8. The number of benzene rings is 1.